The van der Waals surface area contributed by atoms with Crippen LogP contribution in [0.2, 0.25) is 0 Å². The van der Waals surface area contributed by atoms with Gasteiger partial charge in [0.1, 0.15) is 0 Å². The number of rotatable bonds is 16. The molecule has 0 aliphatic heterocycles. The highest BCUT2D eigenvalue weighted by Gasteiger charge is 2.42. The Labute approximate surface area is 702 Å². The third kappa shape index (κ3) is 12.3. The van der Waals surface area contributed by atoms with E-state index in [-0.39, 0.29) is 5.41 Å². The average molecular weight is 1530 g/mol. The highest BCUT2D eigenvalue weighted by Crippen LogP contribution is 2.58. The number of fused-ring (bicyclic) bond motifs is 10. The van der Waals surface area contributed by atoms with E-state index in [0.717, 1.165) is 73.9 Å². The van der Waals surface area contributed by atoms with Crippen molar-refractivity contribution < 1.29 is 0 Å². The lowest BCUT2D eigenvalue weighted by atomic mass is 9.74. The van der Waals surface area contributed by atoms with Crippen molar-refractivity contribution in [2.45, 2.75) is 38.0 Å². The molecule has 566 valence electrons. The first-order valence-electron chi connectivity index (χ1n) is 42.0. The molecule has 22 rings (SSSR count). The Bertz CT molecular complexity index is 7380. The molecule has 2 aliphatic rings. The topological polar surface area (TPSA) is 6.48 Å². The van der Waals surface area contributed by atoms with Gasteiger partial charge in [-0.2, -0.15) is 0 Å². The summed E-state index contributed by atoms with van der Waals surface area (Å²) in [4.78, 5) is 5.00. The zero-order valence-corrected chi connectivity index (χ0v) is 67.2. The predicted octanol–water partition coefficient (Wildman–Crippen LogP) is 32.4. The monoisotopic (exact) mass is 1530 g/mol. The quantitative estimate of drug-likeness (QED) is 0.0951. The summed E-state index contributed by atoms with van der Waals surface area (Å²) in [7, 11) is 0. The average Bonchev–Trinajstić information content (AvgIpc) is 1.54. The maximum atomic E-state index is 2.51. The van der Waals surface area contributed by atoms with Gasteiger partial charge in [-0.3, -0.25) is 0 Å². The fourth-order valence-electron chi connectivity index (χ4n) is 20.0. The van der Waals surface area contributed by atoms with Crippen LogP contribution in [-0.2, 0) is 17.3 Å². The first kappa shape index (κ1) is 71.6. The van der Waals surface area contributed by atoms with Crippen LogP contribution in [0.15, 0.2) is 443 Å². The third-order valence-corrected chi connectivity index (χ3v) is 26.0. The van der Waals surface area contributed by atoms with E-state index in [9.17, 15) is 0 Å². The van der Waals surface area contributed by atoms with Gasteiger partial charge in [-0.1, -0.05) is 403 Å². The minimum Gasteiger partial charge on any atom is -0.310 e. The Hall–Kier alpha value is -15.0. The van der Waals surface area contributed by atoms with Crippen molar-refractivity contribution in [3.63, 3.8) is 0 Å². The fourth-order valence-corrected chi connectivity index (χ4v) is 20.0. The summed E-state index contributed by atoms with van der Waals surface area (Å²) in [5.74, 6) is 0. The number of hydrogen-bond donors (Lipinski definition) is 0. The highest BCUT2D eigenvalue weighted by molar-refractivity contribution is 6.04. The molecule has 0 saturated heterocycles. The summed E-state index contributed by atoms with van der Waals surface area (Å²) in [5.41, 5.74) is 36.9. The lowest BCUT2D eigenvalue weighted by Gasteiger charge is -2.31. The first-order chi connectivity index (χ1) is 59.1. The molecule has 0 radical (unpaired) electrons. The second kappa shape index (κ2) is 29.3. The number of hydrogen-bond acceptors (Lipinski definition) is 2. The van der Waals surface area contributed by atoms with E-state index in [1.54, 1.807) is 0 Å². The van der Waals surface area contributed by atoms with Gasteiger partial charge in [0.2, 0.25) is 0 Å². The Balaban J connectivity index is 0.596. The molecule has 0 aromatic heterocycles. The van der Waals surface area contributed by atoms with Crippen LogP contribution in [0.5, 0.6) is 0 Å². The molecule has 0 fully saturated rings. The first-order valence-corrected chi connectivity index (χ1v) is 42.0. The summed E-state index contributed by atoms with van der Waals surface area (Å²) in [5, 5.41) is 10.0. The van der Waals surface area contributed by atoms with E-state index in [0.29, 0.717) is 0 Å². The van der Waals surface area contributed by atoms with E-state index >= 15 is 0 Å². The minimum absolute atomic E-state index is 0.171. The van der Waals surface area contributed by atoms with Crippen molar-refractivity contribution in [3.05, 3.63) is 471 Å². The van der Waals surface area contributed by atoms with Gasteiger partial charge in [0.05, 0.1) is 11.4 Å². The maximum absolute atomic E-state index is 2.51. The van der Waals surface area contributed by atoms with Crippen molar-refractivity contribution in [1.29, 1.82) is 0 Å². The molecule has 2 nitrogen and oxygen atoms in total. The maximum Gasteiger partial charge on any atom is 0.0543 e. The normalized spacial score (nSPS) is 13.6. The van der Waals surface area contributed by atoms with Crippen LogP contribution in [0.1, 0.15) is 48.6 Å². The summed E-state index contributed by atoms with van der Waals surface area (Å²) in [6.45, 7) is 7.23. The van der Waals surface area contributed by atoms with Crippen LogP contribution in [0, 0.1) is 0 Å². The summed E-state index contributed by atoms with van der Waals surface area (Å²) in [6, 6.07) is 165. The second-order valence-electron chi connectivity index (χ2n) is 33.2. The van der Waals surface area contributed by atoms with Crippen LogP contribution in [-0.4, -0.2) is 0 Å². The Morgan fingerprint density at radius 2 is 0.492 bits per heavy atom. The molecular formula is C118H84N2. The zero-order chi connectivity index (χ0) is 80.0. The lowest BCUT2D eigenvalue weighted by Crippen LogP contribution is -2.24. The highest BCUT2D eigenvalue weighted by atomic mass is 15.2. The number of anilines is 6. The van der Waals surface area contributed by atoms with Crippen LogP contribution in [0.25, 0.3) is 154 Å². The molecule has 0 bridgehead atoms. The molecular weight excluding hydrogens is 1450 g/mol. The number of nitrogens with zero attached hydrogens (tertiary/aromatic N) is 2. The van der Waals surface area contributed by atoms with Crippen LogP contribution in [0.3, 0.4) is 0 Å². The zero-order valence-electron chi connectivity index (χ0n) is 67.2. The molecule has 0 amide bonds. The molecule has 0 N–H and O–H groups in total. The van der Waals surface area contributed by atoms with Gasteiger partial charge in [-0.15, -0.1) is 0 Å². The Morgan fingerprint density at radius 3 is 0.950 bits per heavy atom. The molecule has 2 heteroatoms. The number of benzene rings is 20. The van der Waals surface area contributed by atoms with Gasteiger partial charge in [0.25, 0.3) is 0 Å². The molecule has 20 aromatic rings. The fraction of sp³-hybridized carbons (Fsp3) is 0.0508. The lowest BCUT2D eigenvalue weighted by molar-refractivity contribution is 0.585. The largest absolute Gasteiger partial charge is 0.310 e. The third-order valence-electron chi connectivity index (χ3n) is 26.0. The predicted molar refractivity (Wildman–Crippen MR) is 509 cm³/mol. The van der Waals surface area contributed by atoms with Crippen molar-refractivity contribution in [1.82, 2.24) is 0 Å². The van der Waals surface area contributed by atoms with E-state index in [4.69, 9.17) is 0 Å². The summed E-state index contributed by atoms with van der Waals surface area (Å²) >= 11 is 0. The van der Waals surface area contributed by atoms with Gasteiger partial charge >= 0.3 is 0 Å². The summed E-state index contributed by atoms with van der Waals surface area (Å²) < 4.78 is 0. The minimum atomic E-state index is -0.394. The van der Waals surface area contributed by atoms with Crippen molar-refractivity contribution in [2.75, 3.05) is 9.80 Å². The van der Waals surface area contributed by atoms with E-state index in [1.807, 2.05) is 0 Å². The molecule has 1 atom stereocenters. The standard InChI is InChI=1S/C118H84N2/c1-117(2)109-46-14-12-41-107(109)115-111(117)48-22-50-113(115)120(96-34-17-31-91(75-96)81-56-64-88(65-57-81)103-45-21-29-85-26-6-9-38-100(85)103)97-35-18-32-92(76-97)82-58-66-89(67-59-82)105-73-70-93(104-39-10-11-40-106(104)105)77-118(3)110-47-15-13-42-108(110)116-112(118)49-23-51-114(116)119(94-71-68-79(69-72-94)78-52-60-86(61-53-78)101-43-19-27-83-24-4-7-36-98(83)101)95-33-16-30-90(74-95)80-54-62-87(63-55-80)102-44-20-28-84-25-5-8-37-99(84)102/h4-76H,77H2,1-3H3. The second-order valence-corrected chi connectivity index (χ2v) is 33.2. The van der Waals surface area contributed by atoms with Gasteiger partial charge in [-0.25, -0.2) is 0 Å². The molecule has 0 spiro atoms. The molecule has 2 aliphatic carbocycles. The molecule has 0 heterocycles. The van der Waals surface area contributed by atoms with Crippen molar-refractivity contribution in [2.24, 2.45) is 0 Å². The van der Waals surface area contributed by atoms with Gasteiger partial charge < -0.3 is 9.80 Å². The van der Waals surface area contributed by atoms with E-state index in [1.165, 1.54) is 149 Å². The van der Waals surface area contributed by atoms with Crippen LogP contribution < -0.4 is 9.80 Å². The van der Waals surface area contributed by atoms with Crippen LogP contribution in [0.4, 0.5) is 34.1 Å². The van der Waals surface area contributed by atoms with Crippen LogP contribution >= 0.6 is 0 Å². The molecule has 20 aromatic carbocycles. The Morgan fingerprint density at radius 1 is 0.192 bits per heavy atom. The van der Waals surface area contributed by atoms with Gasteiger partial charge in [0, 0.05) is 44.7 Å². The SMILES string of the molecule is CC1(C)c2ccccc2-c2c(N(c3cccc(-c4ccc(-c5cccc6ccccc56)cc4)c3)c3cccc(-c4ccc(-c5ccc(CC6(C)c7ccccc7-c7c(N(c8ccc(-c9ccc(-c%10cccc%11ccccc%10%11)cc9)cc8)c8cccc(-c9ccc(-c%10cccc%11ccccc%10%11)cc9)c8)cccc76)c6ccccc56)cc4)c3)cccc21. The summed E-state index contributed by atoms with van der Waals surface area (Å²) in [6.07, 6.45) is 0.797. The van der Waals surface area contributed by atoms with Crippen molar-refractivity contribution in [3.8, 4) is 111 Å². The van der Waals surface area contributed by atoms with Gasteiger partial charge in [-0.05, 0) is 238 Å². The Kier molecular flexibility index (Phi) is 17.5. The molecule has 1 unspecified atom stereocenters. The molecule has 120 heavy (non-hydrogen) atoms. The van der Waals surface area contributed by atoms with E-state index in [2.05, 4.69) is 473 Å². The molecule has 0 saturated carbocycles. The smallest absolute Gasteiger partial charge is 0.0543 e. The van der Waals surface area contributed by atoms with Crippen molar-refractivity contribution >= 4 is 77.2 Å². The van der Waals surface area contributed by atoms with E-state index < -0.39 is 5.41 Å². The van der Waals surface area contributed by atoms with Gasteiger partial charge in [0.15, 0.2) is 0 Å².